The summed E-state index contributed by atoms with van der Waals surface area (Å²) in [5.41, 5.74) is 3.20. The number of nitrogens with zero attached hydrogens (tertiary/aromatic N) is 2. The molecule has 3 aromatic rings. The summed E-state index contributed by atoms with van der Waals surface area (Å²) in [5, 5.41) is 4.74. The lowest BCUT2D eigenvalue weighted by Crippen LogP contribution is -2.34. The highest BCUT2D eigenvalue weighted by Crippen LogP contribution is 2.33. The Hall–Kier alpha value is -2.47. The van der Waals surface area contributed by atoms with Crippen molar-refractivity contribution in [3.63, 3.8) is 0 Å². The zero-order valence-corrected chi connectivity index (χ0v) is 15.4. The summed E-state index contributed by atoms with van der Waals surface area (Å²) >= 11 is 1.71. The Kier molecular flexibility index (Phi) is 3.50. The van der Waals surface area contributed by atoms with Crippen molar-refractivity contribution in [3.8, 4) is 0 Å². The molecule has 132 valence electrons. The van der Waals surface area contributed by atoms with Gasteiger partial charge in [-0.25, -0.2) is 4.98 Å². The van der Waals surface area contributed by atoms with E-state index in [1.165, 1.54) is 10.4 Å². The van der Waals surface area contributed by atoms with Gasteiger partial charge in [-0.2, -0.15) is 0 Å². The molecule has 1 aliphatic heterocycles. The molecule has 1 aliphatic carbocycles. The molecule has 2 aromatic heterocycles. The van der Waals surface area contributed by atoms with Gasteiger partial charge in [-0.1, -0.05) is 12.1 Å². The highest BCUT2D eigenvalue weighted by molar-refractivity contribution is 7.11. The van der Waals surface area contributed by atoms with E-state index >= 15 is 0 Å². The van der Waals surface area contributed by atoms with Crippen LogP contribution < -0.4 is 10.7 Å². The first-order valence-electron chi connectivity index (χ1n) is 9.04. The number of aryl methyl sites for hydroxylation is 4. The van der Waals surface area contributed by atoms with Crippen LogP contribution in [0.15, 0.2) is 29.2 Å². The molecule has 5 rings (SSSR count). The molecule has 1 amide bonds. The van der Waals surface area contributed by atoms with E-state index in [1.807, 2.05) is 23.6 Å². The summed E-state index contributed by atoms with van der Waals surface area (Å²) in [6.07, 6.45) is 5.57. The van der Waals surface area contributed by atoms with Gasteiger partial charge in [0.15, 0.2) is 0 Å². The Bertz CT molecular complexity index is 1110. The van der Waals surface area contributed by atoms with Crippen LogP contribution in [0, 0.1) is 6.92 Å². The Morgan fingerprint density at radius 3 is 3.12 bits per heavy atom. The largest absolute Gasteiger partial charge is 0.346 e. The normalized spacial score (nSPS) is 18.1. The molecule has 1 atom stereocenters. The van der Waals surface area contributed by atoms with Crippen molar-refractivity contribution in [1.29, 1.82) is 0 Å². The summed E-state index contributed by atoms with van der Waals surface area (Å²) in [6, 6.07) is 5.68. The molecule has 1 unspecified atom stereocenters. The maximum Gasteiger partial charge on any atom is 0.257 e. The first-order valence-corrected chi connectivity index (χ1v) is 9.85. The summed E-state index contributed by atoms with van der Waals surface area (Å²) in [5.74, 6) is -0.290. The first kappa shape index (κ1) is 15.8. The molecular formula is C20H19N3O2S. The van der Waals surface area contributed by atoms with Crippen molar-refractivity contribution in [3.05, 3.63) is 61.3 Å². The number of hydrogen-bond acceptors (Lipinski definition) is 4. The third kappa shape index (κ3) is 2.32. The molecule has 0 saturated heterocycles. The molecule has 1 N–H and O–H groups in total. The van der Waals surface area contributed by atoms with Crippen LogP contribution in [0.3, 0.4) is 0 Å². The van der Waals surface area contributed by atoms with E-state index in [-0.39, 0.29) is 22.9 Å². The average molecular weight is 365 g/mol. The fourth-order valence-corrected chi connectivity index (χ4v) is 5.27. The van der Waals surface area contributed by atoms with Crippen molar-refractivity contribution < 1.29 is 4.79 Å². The summed E-state index contributed by atoms with van der Waals surface area (Å²) in [7, 11) is 0. The zero-order chi connectivity index (χ0) is 17.8. The molecule has 26 heavy (non-hydrogen) atoms. The van der Waals surface area contributed by atoms with Crippen LogP contribution in [-0.2, 0) is 19.4 Å². The molecule has 0 spiro atoms. The number of amides is 1. The van der Waals surface area contributed by atoms with Crippen LogP contribution in [-0.4, -0.2) is 15.5 Å². The number of aromatic nitrogens is 2. The number of thiazole rings is 1. The van der Waals surface area contributed by atoms with Crippen LogP contribution >= 0.6 is 11.3 Å². The van der Waals surface area contributed by atoms with Gasteiger partial charge in [0.2, 0.25) is 5.43 Å². The van der Waals surface area contributed by atoms with Gasteiger partial charge in [0.1, 0.15) is 5.56 Å². The zero-order valence-electron chi connectivity index (χ0n) is 14.5. The van der Waals surface area contributed by atoms with Crippen LogP contribution in [0.4, 0.5) is 0 Å². The topological polar surface area (TPSA) is 64.0 Å². The predicted octanol–water partition coefficient (Wildman–Crippen LogP) is 3.13. The van der Waals surface area contributed by atoms with Gasteiger partial charge in [-0.05, 0) is 44.2 Å². The fourth-order valence-electron chi connectivity index (χ4n) is 4.24. The van der Waals surface area contributed by atoms with E-state index in [1.54, 1.807) is 17.5 Å². The molecule has 3 heterocycles. The van der Waals surface area contributed by atoms with Crippen LogP contribution in [0.25, 0.3) is 10.9 Å². The lowest BCUT2D eigenvalue weighted by atomic mass is 9.97. The third-order valence-electron chi connectivity index (χ3n) is 5.41. The minimum Gasteiger partial charge on any atom is -0.346 e. The Morgan fingerprint density at radius 1 is 1.35 bits per heavy atom. The quantitative estimate of drug-likeness (QED) is 0.759. The lowest BCUT2D eigenvalue weighted by molar-refractivity contribution is 0.0930. The summed E-state index contributed by atoms with van der Waals surface area (Å²) < 4.78 is 2.04. The van der Waals surface area contributed by atoms with E-state index in [0.717, 1.165) is 48.4 Å². The van der Waals surface area contributed by atoms with Crippen LogP contribution in [0.5, 0.6) is 0 Å². The second kappa shape index (κ2) is 5.77. The van der Waals surface area contributed by atoms with Crippen molar-refractivity contribution >= 4 is 28.1 Å². The molecule has 2 aliphatic rings. The predicted molar refractivity (Wildman–Crippen MR) is 102 cm³/mol. The Morgan fingerprint density at radius 2 is 2.23 bits per heavy atom. The number of hydrogen-bond donors (Lipinski definition) is 1. The average Bonchev–Trinajstić information content (AvgIpc) is 3.22. The maximum atomic E-state index is 12.9. The highest BCUT2D eigenvalue weighted by Gasteiger charge is 2.27. The number of fused-ring (bicyclic) bond motifs is 1. The number of carbonyl (C=O) groups is 1. The summed E-state index contributed by atoms with van der Waals surface area (Å²) in [4.78, 5) is 31.7. The van der Waals surface area contributed by atoms with Crippen molar-refractivity contribution in [2.45, 2.75) is 45.2 Å². The summed E-state index contributed by atoms with van der Waals surface area (Å²) in [6.45, 7) is 2.81. The van der Waals surface area contributed by atoms with Gasteiger partial charge in [-0.15, -0.1) is 11.3 Å². The number of rotatable bonds is 2. The Labute approximate surface area is 154 Å². The molecule has 0 saturated carbocycles. The van der Waals surface area contributed by atoms with E-state index < -0.39 is 0 Å². The van der Waals surface area contributed by atoms with Gasteiger partial charge in [0, 0.05) is 23.0 Å². The van der Waals surface area contributed by atoms with Crippen molar-refractivity contribution in [2.24, 2.45) is 0 Å². The number of pyridine rings is 1. The SMILES string of the molecule is Cc1nc2c(s1)CCCC2NC(=O)c1cn2c3c(cccc3c1=O)CC2. The number of nitrogens with one attached hydrogen (secondary N) is 1. The third-order valence-corrected chi connectivity index (χ3v) is 6.46. The monoisotopic (exact) mass is 365 g/mol. The molecule has 5 nitrogen and oxygen atoms in total. The van der Waals surface area contributed by atoms with Crippen LogP contribution in [0.1, 0.15) is 50.4 Å². The number of benzene rings is 1. The molecule has 0 fully saturated rings. The molecule has 6 heteroatoms. The standard InChI is InChI=1S/C20H19N3O2S/c1-11-21-17-15(6-3-7-16(17)26-11)22-20(25)14-10-23-9-8-12-4-2-5-13(18(12)23)19(14)24/h2,4-5,10,15H,3,6-9H2,1H3,(H,22,25). The molecular weight excluding hydrogens is 346 g/mol. The van der Waals surface area contributed by atoms with E-state index in [4.69, 9.17) is 0 Å². The highest BCUT2D eigenvalue weighted by atomic mass is 32.1. The molecule has 1 aromatic carbocycles. The smallest absolute Gasteiger partial charge is 0.257 e. The number of para-hydroxylation sites is 1. The first-order chi connectivity index (χ1) is 12.6. The number of carbonyl (C=O) groups excluding carboxylic acids is 1. The van der Waals surface area contributed by atoms with E-state index in [2.05, 4.69) is 16.4 Å². The molecule has 0 bridgehead atoms. The second-order valence-electron chi connectivity index (χ2n) is 7.09. The molecule has 0 radical (unpaired) electrons. The minimum absolute atomic E-state index is 0.101. The van der Waals surface area contributed by atoms with Gasteiger partial charge in [-0.3, -0.25) is 9.59 Å². The Balaban J connectivity index is 1.53. The van der Waals surface area contributed by atoms with E-state index in [0.29, 0.717) is 5.39 Å². The second-order valence-corrected chi connectivity index (χ2v) is 8.38. The van der Waals surface area contributed by atoms with Gasteiger partial charge < -0.3 is 9.88 Å². The van der Waals surface area contributed by atoms with Gasteiger partial charge >= 0.3 is 0 Å². The van der Waals surface area contributed by atoms with Crippen LogP contribution in [0.2, 0.25) is 0 Å². The van der Waals surface area contributed by atoms with Crippen molar-refractivity contribution in [2.75, 3.05) is 0 Å². The lowest BCUT2D eigenvalue weighted by Gasteiger charge is -2.22. The maximum absolute atomic E-state index is 12.9. The van der Waals surface area contributed by atoms with E-state index in [9.17, 15) is 9.59 Å². The van der Waals surface area contributed by atoms with Gasteiger partial charge in [0.05, 0.1) is 22.3 Å². The fraction of sp³-hybridized carbons (Fsp3) is 0.350. The van der Waals surface area contributed by atoms with Gasteiger partial charge in [0.25, 0.3) is 5.91 Å². The van der Waals surface area contributed by atoms with Crippen molar-refractivity contribution in [1.82, 2.24) is 14.9 Å². The minimum atomic E-state index is -0.290.